The van der Waals surface area contributed by atoms with Crippen LogP contribution in [-0.4, -0.2) is 19.7 Å². The summed E-state index contributed by atoms with van der Waals surface area (Å²) in [5.41, 5.74) is 8.04. The number of aromatic nitrogens is 1. The molecule has 0 aliphatic rings. The number of nitrogens with two attached hydrogens (primary N) is 1. The van der Waals surface area contributed by atoms with Crippen molar-refractivity contribution in [2.75, 3.05) is 12.0 Å². The highest BCUT2D eigenvalue weighted by Gasteiger charge is 2.20. The zero-order valence-electron chi connectivity index (χ0n) is 10.1. The average molecular weight is 282 g/mol. The van der Waals surface area contributed by atoms with Gasteiger partial charge in [0.2, 0.25) is 0 Å². The Labute approximate surface area is 110 Å². The molecule has 1 atom stereocenters. The van der Waals surface area contributed by atoms with Crippen molar-refractivity contribution in [2.24, 2.45) is 0 Å². The first-order valence-corrected chi connectivity index (χ1v) is 8.21. The Morgan fingerprint density at radius 3 is 2.72 bits per heavy atom. The Hall–Kier alpha value is -1.40. The van der Waals surface area contributed by atoms with Crippen molar-refractivity contribution in [3.05, 3.63) is 34.7 Å². The van der Waals surface area contributed by atoms with Gasteiger partial charge in [-0.05, 0) is 19.1 Å². The number of hydrogen-bond donors (Lipinski definition) is 1. The number of rotatable bonds is 3. The molecule has 0 fully saturated rings. The molecule has 1 aromatic carbocycles. The number of nitrogen functional groups attached to an aromatic ring is 1. The monoisotopic (exact) mass is 282 g/mol. The first-order valence-electron chi connectivity index (χ1n) is 5.38. The van der Waals surface area contributed by atoms with Crippen LogP contribution in [0.2, 0.25) is 0 Å². The number of sulfone groups is 1. The lowest BCUT2D eigenvalue weighted by molar-refractivity contribution is 0.592. The van der Waals surface area contributed by atoms with Crippen LogP contribution in [0.25, 0.3) is 11.3 Å². The summed E-state index contributed by atoms with van der Waals surface area (Å²) >= 11 is 1.35. The lowest BCUT2D eigenvalue weighted by atomic mass is 10.1. The van der Waals surface area contributed by atoms with E-state index in [4.69, 9.17) is 5.73 Å². The van der Waals surface area contributed by atoms with Crippen molar-refractivity contribution < 1.29 is 8.42 Å². The van der Waals surface area contributed by atoms with Gasteiger partial charge in [-0.3, -0.25) is 0 Å². The summed E-state index contributed by atoms with van der Waals surface area (Å²) in [7, 11) is -3.11. The van der Waals surface area contributed by atoms with Gasteiger partial charge in [-0.25, -0.2) is 13.4 Å². The third-order valence-electron chi connectivity index (χ3n) is 2.69. The average Bonchev–Trinajstić information content (AvgIpc) is 2.75. The third-order valence-corrected chi connectivity index (χ3v) is 5.38. The molecule has 96 valence electrons. The fraction of sp³-hybridized carbons (Fsp3) is 0.250. The summed E-state index contributed by atoms with van der Waals surface area (Å²) in [5, 5.41) is 1.89. The predicted molar refractivity (Wildman–Crippen MR) is 75.2 cm³/mol. The van der Waals surface area contributed by atoms with E-state index < -0.39 is 15.1 Å². The van der Waals surface area contributed by atoms with Gasteiger partial charge in [-0.15, -0.1) is 11.3 Å². The zero-order valence-corrected chi connectivity index (χ0v) is 11.8. The van der Waals surface area contributed by atoms with Gasteiger partial charge >= 0.3 is 0 Å². The van der Waals surface area contributed by atoms with Crippen molar-refractivity contribution in [2.45, 2.75) is 12.2 Å². The number of thiazole rings is 1. The molecule has 0 aliphatic carbocycles. The van der Waals surface area contributed by atoms with E-state index in [-0.39, 0.29) is 0 Å². The molecule has 2 N–H and O–H groups in total. The van der Waals surface area contributed by atoms with E-state index in [0.717, 1.165) is 11.3 Å². The molecule has 0 amide bonds. The van der Waals surface area contributed by atoms with E-state index in [1.807, 2.05) is 23.6 Å². The first kappa shape index (κ1) is 13.0. The van der Waals surface area contributed by atoms with Crippen LogP contribution in [0.15, 0.2) is 29.6 Å². The highest BCUT2D eigenvalue weighted by Crippen LogP contribution is 2.29. The topological polar surface area (TPSA) is 73.0 Å². The number of nitrogens with zero attached hydrogens (tertiary/aromatic N) is 1. The molecule has 6 heteroatoms. The molecule has 0 spiro atoms. The van der Waals surface area contributed by atoms with Gasteiger partial charge in [-0.1, -0.05) is 12.1 Å². The van der Waals surface area contributed by atoms with E-state index in [0.29, 0.717) is 10.7 Å². The largest absolute Gasteiger partial charge is 0.399 e. The van der Waals surface area contributed by atoms with Crippen LogP contribution in [0.1, 0.15) is 17.2 Å². The quantitative estimate of drug-likeness (QED) is 0.878. The molecule has 0 saturated carbocycles. The number of hydrogen-bond acceptors (Lipinski definition) is 5. The van der Waals surface area contributed by atoms with E-state index in [9.17, 15) is 8.42 Å². The second-order valence-electron chi connectivity index (χ2n) is 4.17. The molecule has 1 unspecified atom stereocenters. The SMILES string of the molecule is CC(c1nc(-c2cccc(N)c2)cs1)S(C)(=O)=O. The summed E-state index contributed by atoms with van der Waals surface area (Å²) in [6.07, 6.45) is 1.22. The van der Waals surface area contributed by atoms with Gasteiger partial charge in [0.1, 0.15) is 10.3 Å². The molecule has 4 nitrogen and oxygen atoms in total. The van der Waals surface area contributed by atoms with Crippen LogP contribution in [0.5, 0.6) is 0 Å². The van der Waals surface area contributed by atoms with Gasteiger partial charge in [0.15, 0.2) is 9.84 Å². The Balaban J connectivity index is 2.37. The van der Waals surface area contributed by atoms with E-state index >= 15 is 0 Å². The molecule has 1 aromatic heterocycles. The van der Waals surface area contributed by atoms with E-state index in [2.05, 4.69) is 4.98 Å². The second-order valence-corrected chi connectivity index (χ2v) is 7.42. The van der Waals surface area contributed by atoms with Gasteiger partial charge < -0.3 is 5.73 Å². The maximum Gasteiger partial charge on any atom is 0.156 e. The molecular formula is C12H14N2O2S2. The summed E-state index contributed by atoms with van der Waals surface area (Å²) in [6.45, 7) is 1.65. The maximum absolute atomic E-state index is 11.5. The van der Waals surface area contributed by atoms with Crippen molar-refractivity contribution in [3.8, 4) is 11.3 Å². The Morgan fingerprint density at radius 1 is 1.39 bits per heavy atom. The normalized spacial score (nSPS) is 13.4. The van der Waals surface area contributed by atoms with Crippen LogP contribution in [-0.2, 0) is 9.84 Å². The molecule has 18 heavy (non-hydrogen) atoms. The van der Waals surface area contributed by atoms with Crippen molar-refractivity contribution in [1.82, 2.24) is 4.98 Å². The fourth-order valence-corrected chi connectivity index (χ4v) is 3.36. The smallest absolute Gasteiger partial charge is 0.156 e. The predicted octanol–water partition coefficient (Wildman–Crippen LogP) is 2.50. The summed E-state index contributed by atoms with van der Waals surface area (Å²) < 4.78 is 23.0. The van der Waals surface area contributed by atoms with Crippen LogP contribution in [0.3, 0.4) is 0 Å². The lowest BCUT2D eigenvalue weighted by Crippen LogP contribution is -2.07. The Kier molecular flexibility index (Phi) is 3.41. The minimum atomic E-state index is -3.11. The van der Waals surface area contributed by atoms with Crippen LogP contribution in [0, 0.1) is 0 Å². The summed E-state index contributed by atoms with van der Waals surface area (Å²) in [4.78, 5) is 4.37. The molecular weight excluding hydrogens is 268 g/mol. The molecule has 0 aliphatic heterocycles. The Morgan fingerprint density at radius 2 is 2.11 bits per heavy atom. The highest BCUT2D eigenvalue weighted by molar-refractivity contribution is 7.91. The minimum Gasteiger partial charge on any atom is -0.399 e. The number of anilines is 1. The first-order chi connectivity index (χ1) is 8.38. The second kappa shape index (κ2) is 4.70. The maximum atomic E-state index is 11.5. The zero-order chi connectivity index (χ0) is 13.3. The van der Waals surface area contributed by atoms with Crippen LogP contribution in [0.4, 0.5) is 5.69 Å². The molecule has 2 aromatic rings. The van der Waals surface area contributed by atoms with Crippen LogP contribution < -0.4 is 5.73 Å². The van der Waals surface area contributed by atoms with Crippen molar-refractivity contribution in [1.29, 1.82) is 0 Å². The van der Waals surface area contributed by atoms with E-state index in [1.165, 1.54) is 17.6 Å². The molecule has 1 heterocycles. The van der Waals surface area contributed by atoms with Crippen molar-refractivity contribution >= 4 is 26.9 Å². The molecule has 0 radical (unpaired) electrons. The van der Waals surface area contributed by atoms with E-state index in [1.54, 1.807) is 13.0 Å². The van der Waals surface area contributed by atoms with Gasteiger partial charge in [0.05, 0.1) is 5.69 Å². The lowest BCUT2D eigenvalue weighted by Gasteiger charge is -2.04. The standard InChI is InChI=1S/C12H14N2O2S2/c1-8(18(2,15)16)12-14-11(7-17-12)9-4-3-5-10(13)6-9/h3-8H,13H2,1-2H3. The highest BCUT2D eigenvalue weighted by atomic mass is 32.2. The van der Waals surface area contributed by atoms with Gasteiger partial charge in [0.25, 0.3) is 0 Å². The number of benzene rings is 1. The third kappa shape index (κ3) is 2.70. The van der Waals surface area contributed by atoms with Gasteiger partial charge in [0, 0.05) is 22.9 Å². The molecule has 0 saturated heterocycles. The molecule has 0 bridgehead atoms. The van der Waals surface area contributed by atoms with Crippen LogP contribution >= 0.6 is 11.3 Å². The van der Waals surface area contributed by atoms with Gasteiger partial charge in [-0.2, -0.15) is 0 Å². The minimum absolute atomic E-state index is 0.572. The molecule has 2 rings (SSSR count). The summed E-state index contributed by atoms with van der Waals surface area (Å²) in [5.74, 6) is 0. The Bertz CT molecular complexity index is 662. The van der Waals surface area contributed by atoms with Crippen molar-refractivity contribution in [3.63, 3.8) is 0 Å². The fourth-order valence-electron chi connectivity index (χ4n) is 1.49. The summed E-state index contributed by atoms with van der Waals surface area (Å²) in [6, 6.07) is 7.38.